The van der Waals surface area contributed by atoms with Crippen molar-refractivity contribution in [3.8, 4) is 11.3 Å². The fourth-order valence-corrected chi connectivity index (χ4v) is 9.16. The van der Waals surface area contributed by atoms with E-state index < -0.39 is 21.9 Å². The number of nitrogens with zero attached hydrogens (tertiary/aromatic N) is 2. The van der Waals surface area contributed by atoms with Gasteiger partial charge in [0.25, 0.3) is 0 Å². The molecule has 0 saturated heterocycles. The normalized spacial score (nSPS) is 28.6. The van der Waals surface area contributed by atoms with Crippen LogP contribution in [0.2, 0.25) is 0 Å². The highest BCUT2D eigenvalue weighted by Gasteiger charge is 2.49. The van der Waals surface area contributed by atoms with Crippen LogP contribution >= 0.6 is 0 Å². The van der Waals surface area contributed by atoms with Gasteiger partial charge in [0.15, 0.2) is 0 Å². The zero-order valence-corrected chi connectivity index (χ0v) is 22.9. The second-order valence-electron chi connectivity index (χ2n) is 11.8. The van der Waals surface area contributed by atoms with Crippen LogP contribution in [0, 0.1) is 28.9 Å². The highest BCUT2D eigenvalue weighted by atomic mass is 32.2. The van der Waals surface area contributed by atoms with Gasteiger partial charge >= 0.3 is 0 Å². The van der Waals surface area contributed by atoms with Crippen molar-refractivity contribution >= 4 is 10.0 Å². The maximum atomic E-state index is 15.0. The fraction of sp³-hybridized carbons (Fsp3) is 0.500. The first-order chi connectivity index (χ1) is 18.7. The number of sulfonamides is 1. The fourth-order valence-electron chi connectivity index (χ4n) is 7.67. The molecule has 1 aliphatic heterocycles. The average molecular weight is 556 g/mol. The van der Waals surface area contributed by atoms with Crippen molar-refractivity contribution in [2.24, 2.45) is 17.3 Å². The van der Waals surface area contributed by atoms with E-state index in [0.29, 0.717) is 23.5 Å². The van der Waals surface area contributed by atoms with Crippen LogP contribution in [0.3, 0.4) is 0 Å². The van der Waals surface area contributed by atoms with Crippen LogP contribution in [0.1, 0.15) is 69.0 Å². The number of nitrogens with one attached hydrogen (secondary N) is 1. The van der Waals surface area contributed by atoms with Crippen molar-refractivity contribution in [1.82, 2.24) is 14.3 Å². The van der Waals surface area contributed by atoms with E-state index >= 15 is 4.39 Å². The third-order valence-electron chi connectivity index (χ3n) is 9.58. The molecule has 2 bridgehead atoms. The summed E-state index contributed by atoms with van der Waals surface area (Å²) >= 11 is 0. The van der Waals surface area contributed by atoms with Crippen molar-refractivity contribution < 1.29 is 22.3 Å². The number of hydrogen-bond acceptors (Lipinski definition) is 4. The van der Waals surface area contributed by atoms with Crippen LogP contribution in [-0.4, -0.2) is 35.2 Å². The van der Waals surface area contributed by atoms with E-state index in [1.54, 1.807) is 18.6 Å². The molecule has 2 aromatic carbocycles. The van der Waals surface area contributed by atoms with E-state index in [1.807, 2.05) is 10.6 Å². The highest BCUT2D eigenvalue weighted by Crippen LogP contribution is 2.54. The van der Waals surface area contributed by atoms with Gasteiger partial charge < -0.3 is 9.67 Å². The topological polar surface area (TPSA) is 84.2 Å². The maximum Gasteiger partial charge on any atom is 0.216 e. The molecule has 0 radical (unpaired) electrons. The Hall–Kier alpha value is -2.62. The van der Waals surface area contributed by atoms with Gasteiger partial charge in [-0.25, -0.2) is 26.9 Å². The van der Waals surface area contributed by atoms with Crippen LogP contribution in [0.15, 0.2) is 55.0 Å². The van der Waals surface area contributed by atoms with Gasteiger partial charge in [-0.3, -0.25) is 0 Å². The van der Waals surface area contributed by atoms with Gasteiger partial charge in [-0.2, -0.15) is 0 Å². The van der Waals surface area contributed by atoms with Gasteiger partial charge in [-0.15, -0.1) is 0 Å². The van der Waals surface area contributed by atoms with Crippen molar-refractivity contribution in [2.75, 3.05) is 0 Å². The molecule has 2 aliphatic carbocycles. The Morgan fingerprint density at radius 1 is 1.15 bits per heavy atom. The molecule has 2 N–H and O–H groups in total. The highest BCUT2D eigenvalue weighted by molar-refractivity contribution is 7.88. The summed E-state index contributed by atoms with van der Waals surface area (Å²) in [5.41, 5.74) is 2.48. The molecule has 9 heteroatoms. The molecular weight excluding hydrogens is 520 g/mol. The number of aromatic nitrogens is 2. The van der Waals surface area contributed by atoms with Gasteiger partial charge in [-0.05, 0) is 86.0 Å². The first-order valence-corrected chi connectivity index (χ1v) is 15.6. The predicted octanol–water partition coefficient (Wildman–Crippen LogP) is 5.58. The molecule has 3 aromatic rings. The van der Waals surface area contributed by atoms with E-state index in [-0.39, 0.29) is 35.0 Å². The second kappa shape index (κ2) is 10.1. The number of imidazole rings is 1. The maximum absolute atomic E-state index is 15.0. The molecule has 6 unspecified atom stereocenters. The lowest BCUT2D eigenvalue weighted by molar-refractivity contribution is -0.0657. The van der Waals surface area contributed by atoms with E-state index in [4.69, 9.17) is 0 Å². The van der Waals surface area contributed by atoms with Crippen LogP contribution < -0.4 is 4.72 Å². The molecule has 6 nitrogen and oxygen atoms in total. The van der Waals surface area contributed by atoms with Crippen molar-refractivity contribution in [1.29, 1.82) is 0 Å². The molecule has 0 amide bonds. The molecule has 2 fully saturated rings. The van der Waals surface area contributed by atoms with Crippen LogP contribution in [0.5, 0.6) is 0 Å². The van der Waals surface area contributed by atoms with Gasteiger partial charge in [0, 0.05) is 17.2 Å². The van der Waals surface area contributed by atoms with Crippen LogP contribution in [0.4, 0.5) is 8.78 Å². The molecule has 2 heterocycles. The van der Waals surface area contributed by atoms with Crippen molar-refractivity contribution in [2.45, 2.75) is 75.8 Å². The summed E-state index contributed by atoms with van der Waals surface area (Å²) in [6.07, 6.45) is 8.16. The molecule has 0 spiro atoms. The minimum absolute atomic E-state index is 0.117. The minimum atomic E-state index is -3.62. The third-order valence-corrected chi connectivity index (χ3v) is 11.0. The summed E-state index contributed by atoms with van der Waals surface area (Å²) in [6, 6.07) is 10.1. The molecule has 2 saturated carbocycles. The van der Waals surface area contributed by atoms with E-state index in [2.05, 4.69) is 16.6 Å². The monoisotopic (exact) mass is 555 g/mol. The Labute approximate surface area is 228 Å². The third kappa shape index (κ3) is 4.93. The molecule has 6 atom stereocenters. The summed E-state index contributed by atoms with van der Waals surface area (Å²) in [5, 5.41) is 11.8. The smallest absolute Gasteiger partial charge is 0.216 e. The zero-order chi connectivity index (χ0) is 27.4. The SMILES string of the molecule is CCC1(C(O)CC2c3c(F)cccc3-c3cncn32)CC2CCC(NS(=O)(=O)Cc3ccc(F)cc3)C(C2)C1. The molecule has 1 aromatic heterocycles. The standard InChI is InChI=1S/C30H35F2N3O3S/c1-2-30(28(36)13-26-29-23(4-3-5-24(29)32)27-16-33-18-35(26)27)14-20-8-11-25(21(12-20)15-30)34-39(37,38)17-19-6-9-22(31)10-7-19/h3-7,9-10,16,18,20-21,25-26,28,34,36H,2,8,11-15,17H2,1H3. The Kier molecular flexibility index (Phi) is 6.88. The Morgan fingerprint density at radius 3 is 2.72 bits per heavy atom. The summed E-state index contributed by atoms with van der Waals surface area (Å²) in [5.74, 6) is -0.317. The van der Waals surface area contributed by atoms with Gasteiger partial charge in [0.1, 0.15) is 11.6 Å². The van der Waals surface area contributed by atoms with Gasteiger partial charge in [0.05, 0.1) is 36.1 Å². The quantitative estimate of drug-likeness (QED) is 0.380. The molecular formula is C30H35F2N3O3S. The molecule has 39 heavy (non-hydrogen) atoms. The summed E-state index contributed by atoms with van der Waals surface area (Å²) in [7, 11) is -3.62. The molecule has 6 rings (SSSR count). The first-order valence-electron chi connectivity index (χ1n) is 13.9. The predicted molar refractivity (Wildman–Crippen MR) is 145 cm³/mol. The van der Waals surface area contributed by atoms with E-state index in [0.717, 1.165) is 49.8 Å². The number of fused-ring (bicyclic) bond motifs is 5. The second-order valence-corrected chi connectivity index (χ2v) is 13.6. The van der Waals surface area contributed by atoms with Gasteiger partial charge in [0.2, 0.25) is 10.0 Å². The van der Waals surface area contributed by atoms with Crippen molar-refractivity contribution in [3.05, 3.63) is 77.8 Å². The molecule has 3 aliphatic rings. The van der Waals surface area contributed by atoms with Crippen LogP contribution in [-0.2, 0) is 15.8 Å². The van der Waals surface area contributed by atoms with Gasteiger partial charge in [-0.1, -0.05) is 31.2 Å². The number of halogens is 2. The van der Waals surface area contributed by atoms with Crippen molar-refractivity contribution in [3.63, 3.8) is 0 Å². The number of benzene rings is 2. The lowest BCUT2D eigenvalue weighted by atomic mass is 9.56. The minimum Gasteiger partial charge on any atom is -0.392 e. The van der Waals surface area contributed by atoms with E-state index in [9.17, 15) is 17.9 Å². The largest absolute Gasteiger partial charge is 0.392 e. The van der Waals surface area contributed by atoms with Crippen LogP contribution in [0.25, 0.3) is 11.3 Å². The lowest BCUT2D eigenvalue weighted by Gasteiger charge is -2.52. The van der Waals surface area contributed by atoms with E-state index in [1.165, 1.54) is 30.3 Å². The average Bonchev–Trinajstić information content (AvgIpc) is 3.50. The number of aliphatic hydroxyl groups is 1. The first kappa shape index (κ1) is 26.6. The Bertz CT molecular complexity index is 1460. The summed E-state index contributed by atoms with van der Waals surface area (Å²) in [4.78, 5) is 4.28. The Balaban J connectivity index is 1.20. The molecule has 208 valence electrons. The number of rotatable bonds is 8. The summed E-state index contributed by atoms with van der Waals surface area (Å²) in [6.45, 7) is 2.10. The lowest BCUT2D eigenvalue weighted by Crippen LogP contribution is -2.52. The summed E-state index contributed by atoms with van der Waals surface area (Å²) < 4.78 is 59.3. The number of hydrogen-bond donors (Lipinski definition) is 2. The Morgan fingerprint density at radius 2 is 1.95 bits per heavy atom. The zero-order valence-electron chi connectivity index (χ0n) is 22.1. The number of aliphatic hydroxyl groups excluding tert-OH is 1.